The standard InChI is InChI=1S/C46H49FN4O4/c1-48-36-17-18-41(40(48)27-36)54-45(52)51-24-21-30-11-12-33(25-38(30)44(51)31-8-3-2-4-9-31)39-26-34-19-22-49(39)28-42(34)55-46(53)50-23-20-29-7-5-6-10-37(29)43(50)32-13-15-35(47)16-14-32/h2-16,25,34,36,39-44H,17-24,26-28H2,1H3/t34?,36?,39?,40?,41-,42+,43-,44-/m0/s1. The van der Waals surface area contributed by atoms with Crippen molar-refractivity contribution in [3.63, 3.8) is 0 Å². The van der Waals surface area contributed by atoms with Gasteiger partial charge in [0.15, 0.2) is 0 Å². The number of piperidine rings is 4. The summed E-state index contributed by atoms with van der Waals surface area (Å²) in [5.74, 6) is -0.0513. The summed E-state index contributed by atoms with van der Waals surface area (Å²) in [6.45, 7) is 2.80. The molecule has 4 aromatic rings. The summed E-state index contributed by atoms with van der Waals surface area (Å²) in [5.41, 5.74) is 7.96. The number of hydrogen-bond donors (Lipinski definition) is 0. The molecule has 9 atom stereocenters. The van der Waals surface area contributed by atoms with Crippen molar-refractivity contribution < 1.29 is 23.5 Å². The summed E-state index contributed by atoms with van der Waals surface area (Å²) < 4.78 is 26.7. The van der Waals surface area contributed by atoms with Crippen LogP contribution in [-0.2, 0) is 22.3 Å². The highest BCUT2D eigenvalue weighted by Crippen LogP contribution is 2.46. The molecule has 0 radical (unpaired) electrons. The Labute approximate surface area is 322 Å². The fourth-order valence-electron chi connectivity index (χ4n) is 10.8. The summed E-state index contributed by atoms with van der Waals surface area (Å²) in [6.07, 6.45) is 5.79. The quantitative estimate of drug-likeness (QED) is 0.206. The molecule has 55 heavy (non-hydrogen) atoms. The second-order valence-corrected chi connectivity index (χ2v) is 16.7. The lowest BCUT2D eigenvalue weighted by molar-refractivity contribution is -0.0980. The van der Waals surface area contributed by atoms with Gasteiger partial charge in [-0.15, -0.1) is 0 Å². The number of carbonyl (C=O) groups excluding carboxylic acids is 2. The summed E-state index contributed by atoms with van der Waals surface area (Å²) in [5, 5.41) is 0. The molecule has 8 aliphatic rings. The van der Waals surface area contributed by atoms with Gasteiger partial charge in [-0.2, -0.15) is 0 Å². The van der Waals surface area contributed by atoms with Crippen LogP contribution in [0.25, 0.3) is 0 Å². The Morgan fingerprint density at radius 2 is 1.31 bits per heavy atom. The van der Waals surface area contributed by atoms with Gasteiger partial charge in [0.2, 0.25) is 0 Å². The molecule has 1 saturated carbocycles. The van der Waals surface area contributed by atoms with E-state index in [0.29, 0.717) is 31.7 Å². The molecule has 4 bridgehead atoms. The van der Waals surface area contributed by atoms with Crippen LogP contribution in [0.4, 0.5) is 14.0 Å². The van der Waals surface area contributed by atoms with E-state index in [9.17, 15) is 14.0 Å². The average Bonchev–Trinajstić information content (AvgIpc) is 3.23. The minimum atomic E-state index is -0.327. The molecule has 7 heterocycles. The Bertz CT molecular complexity index is 2080. The molecular formula is C46H49FN4O4. The number of fused-ring (bicyclic) bond motifs is 7. The zero-order chi connectivity index (χ0) is 37.2. The monoisotopic (exact) mass is 740 g/mol. The van der Waals surface area contributed by atoms with Gasteiger partial charge < -0.3 is 9.47 Å². The molecule has 6 fully saturated rings. The van der Waals surface area contributed by atoms with Crippen molar-refractivity contribution in [1.29, 1.82) is 0 Å². The summed E-state index contributed by atoms with van der Waals surface area (Å²) in [4.78, 5) is 36.8. The largest absolute Gasteiger partial charge is 0.444 e. The molecule has 9 heteroatoms. The molecule has 0 N–H and O–H groups in total. The Morgan fingerprint density at radius 1 is 0.655 bits per heavy atom. The van der Waals surface area contributed by atoms with Crippen molar-refractivity contribution in [2.24, 2.45) is 5.92 Å². The number of likely N-dealkylation sites (N-methyl/N-ethyl adjacent to an activating group) is 1. The molecule has 1 aliphatic carbocycles. The van der Waals surface area contributed by atoms with Crippen LogP contribution in [0.5, 0.6) is 0 Å². The summed E-state index contributed by atoms with van der Waals surface area (Å²) in [6, 6.07) is 32.6. The van der Waals surface area contributed by atoms with Crippen molar-refractivity contribution in [3.05, 3.63) is 142 Å². The zero-order valence-corrected chi connectivity index (χ0v) is 31.4. The number of rotatable bonds is 5. The maximum atomic E-state index is 14.1. The van der Waals surface area contributed by atoms with Crippen LogP contribution in [0.1, 0.15) is 89.2 Å². The molecule has 2 amide bonds. The van der Waals surface area contributed by atoms with Crippen molar-refractivity contribution in [2.45, 2.75) is 87.4 Å². The normalized spacial score (nSPS) is 30.8. The highest BCUT2D eigenvalue weighted by molar-refractivity contribution is 5.71. The first-order valence-corrected chi connectivity index (χ1v) is 20.3. The summed E-state index contributed by atoms with van der Waals surface area (Å²) >= 11 is 0. The van der Waals surface area contributed by atoms with E-state index in [1.54, 1.807) is 12.1 Å². The van der Waals surface area contributed by atoms with Gasteiger partial charge in [0.1, 0.15) is 18.0 Å². The number of carbonyl (C=O) groups is 2. The molecule has 4 aromatic carbocycles. The van der Waals surface area contributed by atoms with E-state index in [2.05, 4.69) is 71.4 Å². The maximum absolute atomic E-state index is 14.1. The van der Waals surface area contributed by atoms with Crippen LogP contribution in [0, 0.1) is 11.7 Å². The van der Waals surface area contributed by atoms with E-state index in [4.69, 9.17) is 9.47 Å². The minimum absolute atomic E-state index is 0.0567. The summed E-state index contributed by atoms with van der Waals surface area (Å²) in [7, 11) is 2.16. The predicted octanol–water partition coefficient (Wildman–Crippen LogP) is 8.06. The molecule has 284 valence electrons. The van der Waals surface area contributed by atoms with Crippen molar-refractivity contribution in [3.8, 4) is 0 Å². The number of hydrogen-bond acceptors (Lipinski definition) is 6. The fraction of sp³-hybridized carbons (Fsp3) is 0.435. The molecule has 0 spiro atoms. The van der Waals surface area contributed by atoms with Crippen LogP contribution >= 0.6 is 0 Å². The van der Waals surface area contributed by atoms with Gasteiger partial charge in [0.05, 0.1) is 12.1 Å². The van der Waals surface area contributed by atoms with Crippen molar-refractivity contribution >= 4 is 12.2 Å². The van der Waals surface area contributed by atoms with Gasteiger partial charge in [-0.05, 0) is 110 Å². The average molecular weight is 741 g/mol. The lowest BCUT2D eigenvalue weighted by atomic mass is 9.77. The van der Waals surface area contributed by atoms with Gasteiger partial charge >= 0.3 is 12.2 Å². The van der Waals surface area contributed by atoms with Crippen molar-refractivity contribution in [2.75, 3.05) is 33.2 Å². The SMILES string of the molecule is CN1C2CC[C@H](OC(=O)N3CCc4ccc(C5CC6CCN5C[C@H]6OC(=O)N5CCc6ccccc6[C@@H]5c5ccc(F)cc5)cc4[C@@H]3c3ccccc3)C1C2. The molecule has 0 aromatic heterocycles. The van der Waals surface area contributed by atoms with Crippen LogP contribution in [0.2, 0.25) is 0 Å². The lowest BCUT2D eigenvalue weighted by Gasteiger charge is -2.54. The highest BCUT2D eigenvalue weighted by atomic mass is 19.1. The molecule has 5 unspecified atom stereocenters. The first kappa shape index (κ1) is 34.7. The van der Waals surface area contributed by atoms with Crippen LogP contribution < -0.4 is 0 Å². The molecule has 8 nitrogen and oxygen atoms in total. The van der Waals surface area contributed by atoms with E-state index in [-0.39, 0.29) is 54.3 Å². The Morgan fingerprint density at radius 3 is 2.02 bits per heavy atom. The van der Waals surface area contributed by atoms with Gasteiger partial charge in [0, 0.05) is 43.7 Å². The molecule has 7 aliphatic heterocycles. The number of nitrogens with zero attached hydrogens (tertiary/aromatic N) is 4. The van der Waals surface area contributed by atoms with Gasteiger partial charge in [-0.1, -0.05) is 84.9 Å². The first-order chi connectivity index (χ1) is 26.9. The van der Waals surface area contributed by atoms with Crippen LogP contribution in [0.3, 0.4) is 0 Å². The van der Waals surface area contributed by atoms with Gasteiger partial charge in [-0.3, -0.25) is 19.6 Å². The Hall–Kier alpha value is -4.73. The van der Waals surface area contributed by atoms with Crippen molar-refractivity contribution in [1.82, 2.24) is 19.6 Å². The van der Waals surface area contributed by atoms with E-state index in [1.165, 1.54) is 34.4 Å². The third kappa shape index (κ3) is 6.20. The molecular weight excluding hydrogens is 692 g/mol. The molecule has 12 rings (SSSR count). The lowest BCUT2D eigenvalue weighted by Crippen LogP contribution is -2.63. The van der Waals surface area contributed by atoms with Crippen LogP contribution in [-0.4, -0.2) is 89.3 Å². The van der Waals surface area contributed by atoms with E-state index < -0.39 is 0 Å². The zero-order valence-electron chi connectivity index (χ0n) is 31.4. The smallest absolute Gasteiger partial charge is 0.410 e. The van der Waals surface area contributed by atoms with E-state index >= 15 is 0 Å². The number of halogens is 1. The second-order valence-electron chi connectivity index (χ2n) is 16.7. The third-order valence-electron chi connectivity index (χ3n) is 13.9. The van der Waals surface area contributed by atoms with E-state index in [1.807, 2.05) is 28.0 Å². The topological polar surface area (TPSA) is 65.6 Å². The van der Waals surface area contributed by atoms with Gasteiger partial charge in [-0.25, -0.2) is 14.0 Å². The van der Waals surface area contributed by atoms with Crippen LogP contribution in [0.15, 0.2) is 97.1 Å². The number of benzene rings is 4. The molecule has 5 saturated heterocycles. The minimum Gasteiger partial charge on any atom is -0.444 e. The highest BCUT2D eigenvalue weighted by Gasteiger charge is 2.48. The fourth-order valence-corrected chi connectivity index (χ4v) is 10.8. The first-order valence-electron chi connectivity index (χ1n) is 20.3. The number of ether oxygens (including phenoxy) is 2. The predicted molar refractivity (Wildman–Crippen MR) is 207 cm³/mol. The third-order valence-corrected chi connectivity index (χ3v) is 13.9. The number of amides is 2. The van der Waals surface area contributed by atoms with E-state index in [0.717, 1.165) is 68.2 Å². The van der Waals surface area contributed by atoms with Gasteiger partial charge in [0.25, 0.3) is 0 Å². The second kappa shape index (κ2) is 14.1. The Balaban J connectivity index is 0.875. The maximum Gasteiger partial charge on any atom is 0.410 e. The Kier molecular flexibility index (Phi) is 8.90.